The molecule has 4 aromatic carbocycles. The lowest BCUT2D eigenvalue weighted by atomic mass is 10.1. The summed E-state index contributed by atoms with van der Waals surface area (Å²) >= 11 is 5.72. The van der Waals surface area contributed by atoms with E-state index in [1.54, 1.807) is 59.4 Å². The van der Waals surface area contributed by atoms with Gasteiger partial charge in [-0.15, -0.1) is 5.10 Å². The van der Waals surface area contributed by atoms with E-state index in [1.165, 1.54) is 18.2 Å². The van der Waals surface area contributed by atoms with Gasteiger partial charge in [-0.25, -0.2) is 24.6 Å². The Kier molecular flexibility index (Phi) is 10.7. The molecular weight excluding hydrogens is 699 g/mol. The number of benzene rings is 4. The summed E-state index contributed by atoms with van der Waals surface area (Å²) in [5.41, 5.74) is 4.64. The number of piperidine rings is 1. The molecule has 5 aromatic rings. The number of carboxylic acid groups (broad SMARTS) is 1. The molecule has 266 valence electrons. The number of alkyl halides is 3. The molecule has 0 bridgehead atoms. The quantitative estimate of drug-likeness (QED) is 0.117. The van der Waals surface area contributed by atoms with Crippen molar-refractivity contribution in [2.24, 2.45) is 5.10 Å². The highest BCUT2D eigenvalue weighted by molar-refractivity contribution is 6.31. The third-order valence-electron chi connectivity index (χ3n) is 8.39. The molecule has 6 rings (SSSR count). The minimum absolute atomic E-state index is 0.0297. The molecule has 1 saturated heterocycles. The molecule has 3 amide bonds. The monoisotopic (exact) mass is 729 g/mol. The fourth-order valence-corrected chi connectivity index (χ4v) is 5.98. The van der Waals surface area contributed by atoms with E-state index in [1.807, 2.05) is 12.1 Å². The molecule has 2 heterocycles. The number of carbonyl (C=O) groups excluding carboxylic acids is 2. The van der Waals surface area contributed by atoms with Crippen molar-refractivity contribution in [1.82, 2.24) is 20.4 Å². The van der Waals surface area contributed by atoms with Gasteiger partial charge in [0.05, 0.1) is 40.8 Å². The summed E-state index contributed by atoms with van der Waals surface area (Å²) in [6, 6.07) is 22.1. The van der Waals surface area contributed by atoms with E-state index < -0.39 is 34.7 Å². The van der Waals surface area contributed by atoms with Crippen LogP contribution < -0.4 is 15.2 Å². The Morgan fingerprint density at radius 3 is 2.35 bits per heavy atom. The van der Waals surface area contributed by atoms with E-state index in [-0.39, 0.29) is 28.9 Å². The van der Waals surface area contributed by atoms with Crippen molar-refractivity contribution in [3.8, 4) is 11.3 Å². The van der Waals surface area contributed by atoms with Crippen LogP contribution in [0.5, 0.6) is 0 Å². The molecule has 52 heavy (non-hydrogen) atoms. The summed E-state index contributed by atoms with van der Waals surface area (Å²) in [4.78, 5) is 42.0. The smallest absolute Gasteiger partial charge is 0.417 e. The number of rotatable bonds is 9. The maximum Gasteiger partial charge on any atom is 0.417 e. The Morgan fingerprint density at radius 1 is 0.923 bits per heavy atom. The number of hydrogen-bond donors (Lipinski definition) is 2. The van der Waals surface area contributed by atoms with E-state index in [9.17, 15) is 27.6 Å². The fraction of sp³-hybridized carbons (Fsp3) is 0.189. The normalized spacial score (nSPS) is 13.3. The molecule has 2 N–H and O–H groups in total. The molecule has 0 atom stereocenters. The van der Waals surface area contributed by atoms with Crippen LogP contribution in [0.1, 0.15) is 56.7 Å². The van der Waals surface area contributed by atoms with Gasteiger partial charge < -0.3 is 10.0 Å². The summed E-state index contributed by atoms with van der Waals surface area (Å²) in [7, 11) is 0. The second kappa shape index (κ2) is 15.5. The molecule has 0 unspecified atom stereocenters. The van der Waals surface area contributed by atoms with Crippen LogP contribution in [0.25, 0.3) is 11.3 Å². The fourth-order valence-electron chi connectivity index (χ4n) is 5.75. The van der Waals surface area contributed by atoms with E-state index in [0.717, 1.165) is 61.3 Å². The topological polar surface area (TPSA) is 133 Å². The van der Waals surface area contributed by atoms with Crippen molar-refractivity contribution < 1.29 is 32.7 Å². The maximum absolute atomic E-state index is 14.1. The lowest BCUT2D eigenvalue weighted by molar-refractivity contribution is -0.137. The molecular formula is C37H31ClF3N7O4. The summed E-state index contributed by atoms with van der Waals surface area (Å²) in [6.45, 7) is 2.02. The average molecular weight is 730 g/mol. The van der Waals surface area contributed by atoms with E-state index in [4.69, 9.17) is 16.7 Å². The first-order valence-corrected chi connectivity index (χ1v) is 16.6. The third kappa shape index (κ3) is 8.46. The molecule has 1 fully saturated rings. The molecule has 1 aromatic heterocycles. The van der Waals surface area contributed by atoms with Crippen LogP contribution in [0.4, 0.5) is 29.3 Å². The first-order chi connectivity index (χ1) is 25.0. The molecule has 0 saturated carbocycles. The van der Waals surface area contributed by atoms with Crippen molar-refractivity contribution in [2.75, 3.05) is 22.9 Å². The standard InChI is InChI=1S/C37H31ClF3N7O4/c38-32-16-7-24(20-31(32)37(39,40)41)21-42-44-36(52)48(30-14-12-29(13-15-30)46-17-2-1-3-18-46)34(49)28-6-4-5-25(19-28)22-47-23-33(43-45-47)26-8-10-27(11-9-26)35(50)51/h4-16,19-21,23H,1-3,17-18,22H2,(H,44,52)(H,50,51). The number of amides is 3. The number of nitrogens with one attached hydrogen (secondary N) is 1. The van der Waals surface area contributed by atoms with Crippen LogP contribution in [0.15, 0.2) is 102 Å². The van der Waals surface area contributed by atoms with Crippen LogP contribution in [-0.2, 0) is 12.7 Å². The van der Waals surface area contributed by atoms with Crippen LogP contribution in [0.3, 0.4) is 0 Å². The molecule has 1 aliphatic heterocycles. The third-order valence-corrected chi connectivity index (χ3v) is 8.72. The SMILES string of the molecule is O=C(O)c1ccc(-c2cn(Cc3cccc(C(=O)N(C(=O)NN=Cc4ccc(Cl)c(C(F)(F)F)c4)c4ccc(N5CCCCC5)cc4)c3)nn2)cc1. The highest BCUT2D eigenvalue weighted by atomic mass is 35.5. The van der Waals surface area contributed by atoms with Gasteiger partial charge in [-0.1, -0.05) is 47.1 Å². The molecule has 0 radical (unpaired) electrons. The van der Waals surface area contributed by atoms with Crippen LogP contribution in [0.2, 0.25) is 5.02 Å². The minimum atomic E-state index is -4.69. The van der Waals surface area contributed by atoms with Gasteiger partial charge in [0.1, 0.15) is 5.69 Å². The van der Waals surface area contributed by atoms with Gasteiger partial charge in [0.25, 0.3) is 5.91 Å². The average Bonchev–Trinajstić information content (AvgIpc) is 3.61. The van der Waals surface area contributed by atoms with Crippen molar-refractivity contribution in [1.29, 1.82) is 0 Å². The van der Waals surface area contributed by atoms with Crippen molar-refractivity contribution >= 4 is 47.1 Å². The predicted octanol–water partition coefficient (Wildman–Crippen LogP) is 7.74. The van der Waals surface area contributed by atoms with Crippen LogP contribution >= 0.6 is 11.6 Å². The number of aromatic nitrogens is 3. The Hall–Kier alpha value is -6.02. The molecule has 0 spiro atoms. The number of anilines is 2. The van der Waals surface area contributed by atoms with Crippen molar-refractivity contribution in [2.45, 2.75) is 32.0 Å². The first-order valence-electron chi connectivity index (χ1n) is 16.2. The molecule has 15 heteroatoms. The number of nitrogens with zero attached hydrogens (tertiary/aromatic N) is 6. The van der Waals surface area contributed by atoms with Crippen molar-refractivity contribution in [3.63, 3.8) is 0 Å². The number of halogens is 4. The zero-order valence-electron chi connectivity index (χ0n) is 27.4. The minimum Gasteiger partial charge on any atom is -0.478 e. The van der Waals surface area contributed by atoms with Gasteiger partial charge in [-0.3, -0.25) is 4.79 Å². The number of imide groups is 1. The van der Waals surface area contributed by atoms with Gasteiger partial charge in [0, 0.05) is 29.9 Å². The van der Waals surface area contributed by atoms with Gasteiger partial charge in [-0.05, 0) is 91.1 Å². The van der Waals surface area contributed by atoms with E-state index in [0.29, 0.717) is 16.8 Å². The Bertz CT molecular complexity index is 2110. The van der Waals surface area contributed by atoms with Crippen LogP contribution in [-0.4, -0.2) is 57.3 Å². The number of hydrogen-bond acceptors (Lipinski definition) is 7. The van der Waals surface area contributed by atoms with Gasteiger partial charge in [-0.2, -0.15) is 18.3 Å². The van der Waals surface area contributed by atoms with Gasteiger partial charge in [0.15, 0.2) is 0 Å². The highest BCUT2D eigenvalue weighted by Crippen LogP contribution is 2.35. The second-order valence-corrected chi connectivity index (χ2v) is 12.4. The first kappa shape index (κ1) is 35.8. The number of carboxylic acids is 1. The number of urea groups is 1. The maximum atomic E-state index is 14.1. The lowest BCUT2D eigenvalue weighted by Crippen LogP contribution is -2.42. The molecule has 1 aliphatic rings. The number of aromatic carboxylic acids is 1. The Morgan fingerprint density at radius 2 is 1.65 bits per heavy atom. The molecule has 11 nitrogen and oxygen atoms in total. The van der Waals surface area contributed by atoms with Gasteiger partial charge in [0.2, 0.25) is 0 Å². The highest BCUT2D eigenvalue weighted by Gasteiger charge is 2.33. The largest absolute Gasteiger partial charge is 0.478 e. The Labute approximate surface area is 300 Å². The summed E-state index contributed by atoms with van der Waals surface area (Å²) in [5.74, 6) is -1.72. The zero-order valence-corrected chi connectivity index (χ0v) is 28.2. The second-order valence-electron chi connectivity index (χ2n) is 12.0. The Balaban J connectivity index is 1.23. The summed E-state index contributed by atoms with van der Waals surface area (Å²) < 4.78 is 41.6. The zero-order chi connectivity index (χ0) is 36.8. The summed E-state index contributed by atoms with van der Waals surface area (Å²) in [5, 5.41) is 20.9. The predicted molar refractivity (Wildman–Crippen MR) is 190 cm³/mol. The number of carbonyl (C=O) groups is 3. The lowest BCUT2D eigenvalue weighted by Gasteiger charge is -2.29. The van der Waals surface area contributed by atoms with Crippen molar-refractivity contribution in [3.05, 3.63) is 130 Å². The van der Waals surface area contributed by atoms with E-state index >= 15 is 0 Å². The van der Waals surface area contributed by atoms with Gasteiger partial charge >= 0.3 is 18.2 Å². The summed E-state index contributed by atoms with van der Waals surface area (Å²) in [6.07, 6.45) is 1.32. The molecule has 0 aliphatic carbocycles. The van der Waals surface area contributed by atoms with Crippen LogP contribution in [0, 0.1) is 0 Å². The number of hydrazone groups is 1. The van der Waals surface area contributed by atoms with E-state index in [2.05, 4.69) is 25.7 Å².